The molecule has 2 aliphatic carbocycles. The van der Waals surface area contributed by atoms with Crippen LogP contribution in [0.2, 0.25) is 0 Å². The molecule has 0 bridgehead atoms. The molecule has 1 aromatic rings. The van der Waals surface area contributed by atoms with Gasteiger partial charge in [-0.3, -0.25) is 4.79 Å². The smallest absolute Gasteiger partial charge is 0.163 e. The minimum atomic E-state index is 0.279. The zero-order chi connectivity index (χ0) is 11.7. The quantitative estimate of drug-likeness (QED) is 0.679. The Bertz CT molecular complexity index is 435. The van der Waals surface area contributed by atoms with Gasteiger partial charge < -0.3 is 5.73 Å². The summed E-state index contributed by atoms with van der Waals surface area (Å²) < 4.78 is 0. The molecule has 0 spiro atoms. The van der Waals surface area contributed by atoms with Crippen LogP contribution >= 0.6 is 0 Å². The molecule has 0 radical (unpaired) electrons. The Hall–Kier alpha value is -1.31. The van der Waals surface area contributed by atoms with Crippen molar-refractivity contribution in [1.82, 2.24) is 0 Å². The van der Waals surface area contributed by atoms with Gasteiger partial charge in [-0.1, -0.05) is 13.8 Å². The molecule has 0 unspecified atom stereocenters. The molecule has 3 rings (SSSR count). The normalized spacial score (nSPS) is 16.5. The summed E-state index contributed by atoms with van der Waals surface area (Å²) in [5.41, 5.74) is 11.7. The van der Waals surface area contributed by atoms with Crippen LogP contribution in [-0.4, -0.2) is 5.78 Å². The van der Waals surface area contributed by atoms with E-state index in [0.29, 0.717) is 6.42 Å². The van der Waals surface area contributed by atoms with Crippen molar-refractivity contribution in [3.63, 3.8) is 0 Å². The molecular formula is C14H19NO. The maximum atomic E-state index is 11.6. The molecular weight excluding hydrogens is 198 g/mol. The van der Waals surface area contributed by atoms with Crippen molar-refractivity contribution >= 4 is 11.5 Å². The Balaban J connectivity index is 0.000000457. The number of carbonyl (C=O) groups excluding carboxylic acids is 1. The van der Waals surface area contributed by atoms with E-state index in [-0.39, 0.29) is 5.78 Å². The van der Waals surface area contributed by atoms with Gasteiger partial charge in [-0.2, -0.15) is 0 Å². The van der Waals surface area contributed by atoms with E-state index < -0.39 is 0 Å². The number of Topliss-reactive ketones (excluding diaryl/α,β-unsaturated/α-hetero) is 1. The van der Waals surface area contributed by atoms with Gasteiger partial charge >= 0.3 is 0 Å². The molecule has 16 heavy (non-hydrogen) atoms. The predicted octanol–water partition coefficient (Wildman–Crippen LogP) is 2.91. The van der Waals surface area contributed by atoms with Crippen LogP contribution < -0.4 is 5.73 Å². The van der Waals surface area contributed by atoms with E-state index >= 15 is 0 Å². The first-order valence-corrected chi connectivity index (χ1v) is 6.23. The van der Waals surface area contributed by atoms with Gasteiger partial charge in [-0.25, -0.2) is 0 Å². The van der Waals surface area contributed by atoms with E-state index in [1.54, 1.807) is 0 Å². The Morgan fingerprint density at radius 1 is 1.06 bits per heavy atom. The number of aryl methyl sites for hydroxylation is 1. The Morgan fingerprint density at radius 2 is 1.81 bits per heavy atom. The fraction of sp³-hybridized carbons (Fsp3) is 0.500. The molecule has 2 nitrogen and oxygen atoms in total. The van der Waals surface area contributed by atoms with E-state index in [2.05, 4.69) is 6.07 Å². The molecule has 0 saturated heterocycles. The van der Waals surface area contributed by atoms with Crippen molar-refractivity contribution in [2.24, 2.45) is 0 Å². The van der Waals surface area contributed by atoms with Crippen LogP contribution in [0, 0.1) is 0 Å². The van der Waals surface area contributed by atoms with E-state index in [4.69, 9.17) is 5.73 Å². The van der Waals surface area contributed by atoms with Crippen LogP contribution in [-0.2, 0) is 19.3 Å². The number of nitrogen functional groups attached to an aromatic ring is 1. The van der Waals surface area contributed by atoms with Gasteiger partial charge in [0.1, 0.15) is 0 Å². The highest BCUT2D eigenvalue weighted by molar-refractivity contribution is 6.02. The molecule has 0 atom stereocenters. The second kappa shape index (κ2) is 4.28. The zero-order valence-electron chi connectivity index (χ0n) is 10.1. The summed E-state index contributed by atoms with van der Waals surface area (Å²) >= 11 is 0. The van der Waals surface area contributed by atoms with Crippen LogP contribution in [0.3, 0.4) is 0 Å². The second-order valence-corrected chi connectivity index (χ2v) is 4.23. The molecule has 0 fully saturated rings. The number of nitrogens with two attached hydrogens (primary N) is 1. The van der Waals surface area contributed by atoms with Crippen LogP contribution in [0.4, 0.5) is 5.69 Å². The topological polar surface area (TPSA) is 43.1 Å². The third kappa shape index (κ3) is 1.53. The molecule has 0 amide bonds. The SMILES string of the molecule is CC.Nc1c2c(cc3c1CCC3=O)CCC2. The lowest BCUT2D eigenvalue weighted by Gasteiger charge is -2.09. The highest BCUT2D eigenvalue weighted by Crippen LogP contribution is 2.36. The van der Waals surface area contributed by atoms with Gasteiger partial charge in [0.15, 0.2) is 5.78 Å². The van der Waals surface area contributed by atoms with Crippen molar-refractivity contribution in [2.75, 3.05) is 5.73 Å². The minimum absolute atomic E-state index is 0.279. The maximum Gasteiger partial charge on any atom is 0.163 e. The van der Waals surface area contributed by atoms with Gasteiger partial charge in [0.2, 0.25) is 0 Å². The number of anilines is 1. The van der Waals surface area contributed by atoms with Crippen LogP contribution in [0.25, 0.3) is 0 Å². The molecule has 2 N–H and O–H groups in total. The van der Waals surface area contributed by atoms with E-state index in [9.17, 15) is 4.79 Å². The van der Waals surface area contributed by atoms with Gasteiger partial charge in [0, 0.05) is 17.7 Å². The first kappa shape index (κ1) is 11.2. The Morgan fingerprint density at radius 3 is 2.56 bits per heavy atom. The lowest BCUT2D eigenvalue weighted by atomic mass is 9.99. The minimum Gasteiger partial charge on any atom is -0.398 e. The third-order valence-electron chi connectivity index (χ3n) is 3.46. The molecule has 0 aliphatic heterocycles. The van der Waals surface area contributed by atoms with Crippen LogP contribution in [0.5, 0.6) is 0 Å². The van der Waals surface area contributed by atoms with Crippen molar-refractivity contribution in [2.45, 2.75) is 46.0 Å². The second-order valence-electron chi connectivity index (χ2n) is 4.23. The predicted molar refractivity (Wildman–Crippen MR) is 66.9 cm³/mol. The first-order chi connectivity index (χ1) is 7.77. The molecule has 2 aliphatic rings. The standard InChI is InChI=1S/C12H13NO.C2H6/c13-12-8-3-1-2-7(8)6-10-9(12)4-5-11(10)14;1-2/h6H,1-5,13H2;1-2H3. The molecule has 0 heterocycles. The number of carbonyl (C=O) groups is 1. The van der Waals surface area contributed by atoms with Gasteiger partial charge in [0.05, 0.1) is 0 Å². The zero-order valence-corrected chi connectivity index (χ0v) is 10.1. The van der Waals surface area contributed by atoms with Crippen LogP contribution in [0.15, 0.2) is 6.07 Å². The van der Waals surface area contributed by atoms with Crippen molar-refractivity contribution in [3.8, 4) is 0 Å². The fourth-order valence-electron chi connectivity index (χ4n) is 2.71. The van der Waals surface area contributed by atoms with Crippen molar-refractivity contribution in [1.29, 1.82) is 0 Å². The van der Waals surface area contributed by atoms with E-state index in [0.717, 1.165) is 36.1 Å². The first-order valence-electron chi connectivity index (χ1n) is 6.23. The van der Waals surface area contributed by atoms with E-state index in [1.807, 2.05) is 13.8 Å². The molecule has 0 aromatic heterocycles. The Kier molecular flexibility index (Phi) is 2.99. The number of benzene rings is 1. The average molecular weight is 217 g/mol. The third-order valence-corrected chi connectivity index (χ3v) is 3.46. The fourth-order valence-corrected chi connectivity index (χ4v) is 2.71. The number of ketones is 1. The molecule has 1 aromatic carbocycles. The lowest BCUT2D eigenvalue weighted by Crippen LogP contribution is -2.01. The largest absolute Gasteiger partial charge is 0.398 e. The summed E-state index contributed by atoms with van der Waals surface area (Å²) in [6.07, 6.45) is 4.90. The van der Waals surface area contributed by atoms with Crippen LogP contribution in [0.1, 0.15) is 53.7 Å². The summed E-state index contributed by atoms with van der Waals surface area (Å²) in [5.74, 6) is 0.279. The summed E-state index contributed by atoms with van der Waals surface area (Å²) in [6.45, 7) is 4.00. The van der Waals surface area contributed by atoms with Crippen molar-refractivity contribution < 1.29 is 4.79 Å². The summed E-state index contributed by atoms with van der Waals surface area (Å²) in [6, 6.07) is 2.09. The Labute approximate surface area is 96.8 Å². The average Bonchev–Trinajstić information content (AvgIpc) is 2.90. The highest BCUT2D eigenvalue weighted by atomic mass is 16.1. The summed E-state index contributed by atoms with van der Waals surface area (Å²) in [5, 5.41) is 0. The summed E-state index contributed by atoms with van der Waals surface area (Å²) in [7, 11) is 0. The van der Waals surface area contributed by atoms with Gasteiger partial charge in [-0.05, 0) is 48.4 Å². The van der Waals surface area contributed by atoms with E-state index in [1.165, 1.54) is 17.5 Å². The van der Waals surface area contributed by atoms with Crippen molar-refractivity contribution in [3.05, 3.63) is 28.3 Å². The monoisotopic (exact) mass is 217 g/mol. The number of hydrogen-bond acceptors (Lipinski definition) is 2. The molecule has 0 saturated carbocycles. The number of fused-ring (bicyclic) bond motifs is 2. The maximum absolute atomic E-state index is 11.6. The molecule has 86 valence electrons. The lowest BCUT2D eigenvalue weighted by molar-refractivity contribution is 0.0994. The highest BCUT2D eigenvalue weighted by Gasteiger charge is 2.26. The van der Waals surface area contributed by atoms with Gasteiger partial charge in [0.25, 0.3) is 0 Å². The number of hydrogen-bond donors (Lipinski definition) is 1. The van der Waals surface area contributed by atoms with Gasteiger partial charge in [-0.15, -0.1) is 0 Å². The summed E-state index contributed by atoms with van der Waals surface area (Å²) in [4.78, 5) is 11.6. The molecule has 2 heteroatoms. The number of rotatable bonds is 0.